The molecule has 1 N–H and O–H groups in total. The summed E-state index contributed by atoms with van der Waals surface area (Å²) in [4.78, 5) is 18.4. The fourth-order valence-corrected chi connectivity index (χ4v) is 5.57. The second-order valence-electron chi connectivity index (χ2n) is 10.2. The van der Waals surface area contributed by atoms with E-state index in [1.165, 1.54) is 18.2 Å². The number of carboxylic acid groups (broad SMARTS) is 1. The Morgan fingerprint density at radius 2 is 1.93 bits per heavy atom. The number of carboxylic acids is 1. The number of ether oxygens (including phenoxy) is 2. The first-order valence-corrected chi connectivity index (χ1v) is 13.6. The number of carbonyl (C=O) groups is 1. The van der Waals surface area contributed by atoms with Crippen molar-refractivity contribution in [2.24, 2.45) is 0 Å². The number of fused-ring (bicyclic) bond motifs is 1. The van der Waals surface area contributed by atoms with Crippen molar-refractivity contribution in [1.29, 1.82) is 0 Å². The van der Waals surface area contributed by atoms with Crippen LogP contribution in [0.4, 0.5) is 17.6 Å². The lowest BCUT2D eigenvalue weighted by molar-refractivity contribution is -0.0522. The molecule has 1 aliphatic heterocycles. The molecule has 5 rings (SSSR count). The molecule has 2 heterocycles. The van der Waals surface area contributed by atoms with Gasteiger partial charge in [-0.2, -0.15) is 8.78 Å². The van der Waals surface area contributed by atoms with E-state index in [1.54, 1.807) is 30.5 Å². The fourth-order valence-electron chi connectivity index (χ4n) is 5.57. The van der Waals surface area contributed by atoms with E-state index < -0.39 is 24.1 Å². The van der Waals surface area contributed by atoms with Crippen LogP contribution in [-0.4, -0.2) is 60.0 Å². The van der Waals surface area contributed by atoms with Crippen LogP contribution in [0.5, 0.6) is 11.6 Å². The third-order valence-corrected chi connectivity index (χ3v) is 7.44. The van der Waals surface area contributed by atoms with E-state index in [0.717, 1.165) is 40.8 Å². The topological polar surface area (TPSA) is 71.9 Å². The molecule has 3 aromatic rings. The molecule has 6 nitrogen and oxygen atoms in total. The van der Waals surface area contributed by atoms with Crippen molar-refractivity contribution in [2.45, 2.75) is 44.8 Å². The zero-order valence-electron chi connectivity index (χ0n) is 22.3. The largest absolute Gasteiger partial charge is 0.478 e. The number of nitrogens with zero attached hydrogens (tertiary/aromatic N) is 2. The average molecular weight is 571 g/mol. The van der Waals surface area contributed by atoms with E-state index in [0.29, 0.717) is 50.2 Å². The SMILES string of the molecule is O=C(O)c1ccc2c(c1)CCCC(c1ccc(OC(F)F)c(F)c1)=C2c1ccc(O[C@H]2CCN(CCCF)C2)nc1. The minimum Gasteiger partial charge on any atom is -0.478 e. The van der Waals surface area contributed by atoms with Gasteiger partial charge in [0.1, 0.15) is 6.10 Å². The second kappa shape index (κ2) is 12.7. The van der Waals surface area contributed by atoms with Crippen LogP contribution in [0.2, 0.25) is 0 Å². The number of aromatic nitrogens is 1. The molecule has 0 radical (unpaired) electrons. The van der Waals surface area contributed by atoms with Gasteiger partial charge in [-0.1, -0.05) is 12.1 Å². The van der Waals surface area contributed by atoms with Gasteiger partial charge in [-0.05, 0) is 90.3 Å². The van der Waals surface area contributed by atoms with Crippen molar-refractivity contribution in [2.75, 3.05) is 26.3 Å². The molecule has 0 saturated carbocycles. The van der Waals surface area contributed by atoms with Crippen molar-refractivity contribution in [3.63, 3.8) is 0 Å². The van der Waals surface area contributed by atoms with Crippen molar-refractivity contribution in [1.82, 2.24) is 9.88 Å². The van der Waals surface area contributed by atoms with Crippen LogP contribution in [-0.2, 0) is 6.42 Å². The van der Waals surface area contributed by atoms with Crippen LogP contribution in [0, 0.1) is 5.82 Å². The summed E-state index contributed by atoms with van der Waals surface area (Å²) in [6.45, 7) is -1.25. The van der Waals surface area contributed by atoms with E-state index in [9.17, 15) is 27.5 Å². The molecular formula is C31H30F4N2O4. The summed E-state index contributed by atoms with van der Waals surface area (Å²) < 4.78 is 63.1. The standard InChI is InChI=1S/C31H30F4N2O4/c32-12-2-13-37-14-11-23(18-37)40-28-10-7-22(17-36-28)29-24(20-6-9-27(26(33)16-20)41-31(34)35)4-1-3-19-15-21(30(38)39)5-8-25(19)29/h5-10,15-17,23,31H,1-4,11-14,18H2,(H,38,39)/t23-/m0/s1. The summed E-state index contributed by atoms with van der Waals surface area (Å²) in [7, 11) is 0. The van der Waals surface area contributed by atoms with Gasteiger partial charge in [0.15, 0.2) is 11.6 Å². The lowest BCUT2D eigenvalue weighted by Crippen LogP contribution is -2.26. The highest BCUT2D eigenvalue weighted by atomic mass is 19.3. The second-order valence-corrected chi connectivity index (χ2v) is 10.2. The van der Waals surface area contributed by atoms with Crippen LogP contribution >= 0.6 is 0 Å². The van der Waals surface area contributed by atoms with E-state index in [4.69, 9.17) is 4.74 Å². The maximum atomic E-state index is 14.8. The van der Waals surface area contributed by atoms with E-state index in [-0.39, 0.29) is 18.3 Å². The van der Waals surface area contributed by atoms with Crippen LogP contribution < -0.4 is 9.47 Å². The van der Waals surface area contributed by atoms with Crippen molar-refractivity contribution in [3.8, 4) is 11.6 Å². The Morgan fingerprint density at radius 1 is 1.10 bits per heavy atom. The Balaban J connectivity index is 1.51. The van der Waals surface area contributed by atoms with Crippen LogP contribution in [0.25, 0.3) is 11.1 Å². The monoisotopic (exact) mass is 570 g/mol. The van der Waals surface area contributed by atoms with Gasteiger partial charge in [-0.15, -0.1) is 0 Å². The molecule has 216 valence electrons. The number of aromatic carboxylic acids is 1. The van der Waals surface area contributed by atoms with Gasteiger partial charge in [-0.25, -0.2) is 14.2 Å². The highest BCUT2D eigenvalue weighted by Crippen LogP contribution is 2.41. The molecule has 2 aromatic carbocycles. The summed E-state index contributed by atoms with van der Waals surface area (Å²) in [6, 6.07) is 12.5. The molecule has 1 aromatic heterocycles. The highest BCUT2D eigenvalue weighted by Gasteiger charge is 2.25. The Labute approximate surface area is 235 Å². The number of alkyl halides is 3. The van der Waals surface area contributed by atoms with Crippen LogP contribution in [0.1, 0.15) is 58.3 Å². The maximum absolute atomic E-state index is 14.8. The molecule has 10 heteroatoms. The Hall–Kier alpha value is -3.92. The quantitative estimate of drug-likeness (QED) is 0.276. The summed E-state index contributed by atoms with van der Waals surface area (Å²) in [5.74, 6) is -2.02. The predicted octanol–water partition coefficient (Wildman–Crippen LogP) is 6.63. The lowest BCUT2D eigenvalue weighted by Gasteiger charge is -2.18. The van der Waals surface area contributed by atoms with E-state index in [2.05, 4.69) is 14.6 Å². The first kappa shape index (κ1) is 28.6. The zero-order valence-corrected chi connectivity index (χ0v) is 22.3. The molecule has 0 unspecified atom stereocenters. The molecule has 1 saturated heterocycles. The molecular weight excluding hydrogens is 540 g/mol. The first-order valence-electron chi connectivity index (χ1n) is 13.6. The Morgan fingerprint density at radius 3 is 2.63 bits per heavy atom. The number of aryl methyl sites for hydroxylation is 1. The van der Waals surface area contributed by atoms with E-state index >= 15 is 0 Å². The third-order valence-electron chi connectivity index (χ3n) is 7.44. The summed E-state index contributed by atoms with van der Waals surface area (Å²) in [5, 5.41) is 9.53. The minimum absolute atomic E-state index is 0.0484. The number of halogens is 4. The average Bonchev–Trinajstić information content (AvgIpc) is 3.31. The maximum Gasteiger partial charge on any atom is 0.387 e. The zero-order chi connectivity index (χ0) is 28.9. The fraction of sp³-hybridized carbons (Fsp3) is 0.355. The summed E-state index contributed by atoms with van der Waals surface area (Å²) in [6.07, 6.45) is 4.75. The van der Waals surface area contributed by atoms with Crippen molar-refractivity contribution >= 4 is 17.1 Å². The predicted molar refractivity (Wildman–Crippen MR) is 146 cm³/mol. The van der Waals surface area contributed by atoms with Gasteiger partial charge in [0.05, 0.1) is 12.2 Å². The number of rotatable bonds is 10. The van der Waals surface area contributed by atoms with Gasteiger partial charge >= 0.3 is 12.6 Å². The molecule has 0 amide bonds. The summed E-state index contributed by atoms with van der Waals surface area (Å²) >= 11 is 0. The van der Waals surface area contributed by atoms with Gasteiger partial charge in [-0.3, -0.25) is 9.29 Å². The molecule has 41 heavy (non-hydrogen) atoms. The van der Waals surface area contributed by atoms with Crippen molar-refractivity contribution < 1.29 is 36.9 Å². The molecule has 2 aliphatic rings. The Kier molecular flexibility index (Phi) is 8.87. The third kappa shape index (κ3) is 6.70. The smallest absolute Gasteiger partial charge is 0.387 e. The number of hydrogen-bond donors (Lipinski definition) is 1. The summed E-state index contributed by atoms with van der Waals surface area (Å²) in [5.41, 5.74) is 4.58. The number of hydrogen-bond acceptors (Lipinski definition) is 5. The molecule has 1 aliphatic carbocycles. The van der Waals surface area contributed by atoms with Crippen LogP contribution in [0.3, 0.4) is 0 Å². The Bertz CT molecular complexity index is 1430. The van der Waals surface area contributed by atoms with Gasteiger partial charge in [0.2, 0.25) is 5.88 Å². The number of benzene rings is 2. The number of likely N-dealkylation sites (tertiary alicyclic amines) is 1. The normalized spacial score (nSPS) is 17.4. The van der Waals surface area contributed by atoms with Gasteiger partial charge < -0.3 is 14.6 Å². The van der Waals surface area contributed by atoms with Gasteiger partial charge in [0.25, 0.3) is 0 Å². The number of allylic oxidation sites excluding steroid dienone is 1. The number of pyridine rings is 1. The molecule has 1 fully saturated rings. The highest BCUT2D eigenvalue weighted by molar-refractivity contribution is 6.00. The van der Waals surface area contributed by atoms with Crippen LogP contribution in [0.15, 0.2) is 54.7 Å². The molecule has 0 spiro atoms. The van der Waals surface area contributed by atoms with Crippen molar-refractivity contribution in [3.05, 3.63) is 88.4 Å². The molecule has 1 atom stereocenters. The first-order chi connectivity index (χ1) is 19.8. The lowest BCUT2D eigenvalue weighted by atomic mass is 9.88. The van der Waals surface area contributed by atoms with E-state index in [1.807, 2.05) is 6.07 Å². The van der Waals surface area contributed by atoms with Gasteiger partial charge in [0, 0.05) is 37.5 Å². The minimum atomic E-state index is -3.15. The molecule has 0 bridgehead atoms.